The predicted molar refractivity (Wildman–Crippen MR) is 84.6 cm³/mol. The highest BCUT2D eigenvalue weighted by atomic mass is 32.2. The summed E-state index contributed by atoms with van der Waals surface area (Å²) in [5, 5.41) is 0. The quantitative estimate of drug-likeness (QED) is 0.529. The molecule has 0 bridgehead atoms. The minimum atomic E-state index is -0.308. The van der Waals surface area contributed by atoms with E-state index in [1.165, 1.54) is 9.79 Å². The fourth-order valence-electron chi connectivity index (χ4n) is 1.75. The molecular weight excluding hydrogens is 272 g/mol. The van der Waals surface area contributed by atoms with Gasteiger partial charge in [0.15, 0.2) is 4.27 Å². The second-order valence-corrected chi connectivity index (χ2v) is 7.29. The van der Waals surface area contributed by atoms with E-state index in [2.05, 4.69) is 55.5 Å². The third-order valence-corrected chi connectivity index (χ3v) is 4.99. The lowest BCUT2D eigenvalue weighted by molar-refractivity contribution is 0.113. The Bertz CT molecular complexity index is 443. The van der Waals surface area contributed by atoms with Crippen LogP contribution in [0.3, 0.4) is 0 Å². The molecule has 3 heteroatoms. The summed E-state index contributed by atoms with van der Waals surface area (Å²) in [4.78, 5) is 2.45. The van der Waals surface area contributed by atoms with Crippen LogP contribution < -0.4 is 0 Å². The van der Waals surface area contributed by atoms with Gasteiger partial charge in [-0.2, -0.15) is 0 Å². The molecule has 0 N–H and O–H groups in total. The van der Waals surface area contributed by atoms with E-state index in [0.29, 0.717) is 6.61 Å². The average Bonchev–Trinajstić information content (AvgIpc) is 2.41. The maximum atomic E-state index is 5.96. The first-order chi connectivity index (χ1) is 9.22. The molecule has 0 radical (unpaired) electrons. The van der Waals surface area contributed by atoms with Gasteiger partial charge in [0.1, 0.15) is 0 Å². The van der Waals surface area contributed by atoms with Crippen LogP contribution in [0.15, 0.2) is 70.5 Å². The van der Waals surface area contributed by atoms with E-state index >= 15 is 0 Å². The molecule has 0 aliphatic carbocycles. The summed E-state index contributed by atoms with van der Waals surface area (Å²) in [7, 11) is 0. The zero-order chi connectivity index (χ0) is 13.6. The second-order valence-electron chi connectivity index (χ2n) is 4.13. The van der Waals surface area contributed by atoms with Gasteiger partial charge in [0, 0.05) is 16.4 Å². The minimum Gasteiger partial charge on any atom is -0.355 e. The first kappa shape index (κ1) is 14.5. The molecule has 0 saturated heterocycles. The molecule has 0 aromatic heterocycles. The summed E-state index contributed by atoms with van der Waals surface area (Å²) in [5.41, 5.74) is 0. The monoisotopic (exact) mass is 290 g/mol. The van der Waals surface area contributed by atoms with Crippen LogP contribution >= 0.6 is 23.5 Å². The van der Waals surface area contributed by atoms with Gasteiger partial charge in [-0.3, -0.25) is 0 Å². The summed E-state index contributed by atoms with van der Waals surface area (Å²) < 4.78 is 5.66. The lowest BCUT2D eigenvalue weighted by Gasteiger charge is -2.28. The molecule has 0 atom stereocenters. The van der Waals surface area contributed by atoms with Crippen LogP contribution in [0.1, 0.15) is 13.8 Å². The number of ether oxygens (including phenoxy) is 1. The first-order valence-corrected chi connectivity index (χ1v) is 7.97. The van der Waals surface area contributed by atoms with Crippen LogP contribution in [0, 0.1) is 0 Å². The summed E-state index contributed by atoms with van der Waals surface area (Å²) >= 11 is 3.50. The van der Waals surface area contributed by atoms with Crippen molar-refractivity contribution in [1.82, 2.24) is 0 Å². The van der Waals surface area contributed by atoms with Crippen LogP contribution in [0.4, 0.5) is 0 Å². The highest BCUT2D eigenvalue weighted by Gasteiger charge is 2.27. The molecule has 0 fully saturated rings. The Morgan fingerprint density at radius 1 is 0.842 bits per heavy atom. The van der Waals surface area contributed by atoms with Gasteiger partial charge in [-0.25, -0.2) is 0 Å². The Kier molecular flexibility index (Phi) is 5.37. The number of thioether (sulfide) groups is 2. The first-order valence-electron chi connectivity index (χ1n) is 6.34. The highest BCUT2D eigenvalue weighted by Crippen LogP contribution is 2.45. The molecule has 0 saturated carbocycles. The molecule has 0 aliphatic rings. The van der Waals surface area contributed by atoms with Gasteiger partial charge >= 0.3 is 0 Å². The lowest BCUT2D eigenvalue weighted by Crippen LogP contribution is -2.19. The minimum absolute atomic E-state index is 0.308. The Morgan fingerprint density at radius 2 is 1.26 bits per heavy atom. The lowest BCUT2D eigenvalue weighted by atomic mass is 10.4. The SMILES string of the molecule is CCOC(C)(Sc1ccccc1)Sc1ccccc1. The Balaban J connectivity index is 2.13. The molecule has 2 aromatic carbocycles. The summed E-state index contributed by atoms with van der Waals surface area (Å²) in [6.45, 7) is 4.87. The summed E-state index contributed by atoms with van der Waals surface area (Å²) in [6, 6.07) is 20.8. The van der Waals surface area contributed by atoms with E-state index in [-0.39, 0.29) is 4.27 Å². The van der Waals surface area contributed by atoms with Crippen molar-refractivity contribution >= 4 is 23.5 Å². The smallest absolute Gasteiger partial charge is 0.166 e. The van der Waals surface area contributed by atoms with Gasteiger partial charge in [0.05, 0.1) is 0 Å². The van der Waals surface area contributed by atoms with Gasteiger partial charge in [0.25, 0.3) is 0 Å². The topological polar surface area (TPSA) is 9.23 Å². The molecule has 0 aliphatic heterocycles. The van der Waals surface area contributed by atoms with E-state index in [4.69, 9.17) is 4.74 Å². The van der Waals surface area contributed by atoms with Crippen LogP contribution in [0.2, 0.25) is 0 Å². The normalized spacial score (nSPS) is 11.5. The standard InChI is InChI=1S/C16H18OS2/c1-3-17-16(2,18-14-10-6-4-7-11-14)19-15-12-8-5-9-13-15/h4-13H,3H2,1-2H3. The molecule has 100 valence electrons. The third kappa shape index (κ3) is 4.60. The van der Waals surface area contributed by atoms with E-state index < -0.39 is 0 Å². The van der Waals surface area contributed by atoms with Crippen molar-refractivity contribution < 1.29 is 4.74 Å². The zero-order valence-corrected chi connectivity index (χ0v) is 12.8. The van der Waals surface area contributed by atoms with Gasteiger partial charge in [-0.15, -0.1) is 0 Å². The molecule has 19 heavy (non-hydrogen) atoms. The molecule has 0 amide bonds. The second kappa shape index (κ2) is 7.04. The van der Waals surface area contributed by atoms with Gasteiger partial charge < -0.3 is 4.74 Å². The Morgan fingerprint density at radius 3 is 1.63 bits per heavy atom. The van der Waals surface area contributed by atoms with Crippen molar-refractivity contribution in [2.75, 3.05) is 6.61 Å². The van der Waals surface area contributed by atoms with Crippen molar-refractivity contribution in [2.24, 2.45) is 0 Å². The van der Waals surface area contributed by atoms with Crippen molar-refractivity contribution in [1.29, 1.82) is 0 Å². The Hall–Kier alpha value is -0.900. The van der Waals surface area contributed by atoms with Crippen molar-refractivity contribution in [2.45, 2.75) is 27.9 Å². The highest BCUT2D eigenvalue weighted by molar-refractivity contribution is 8.18. The van der Waals surface area contributed by atoms with Crippen LogP contribution in [0.5, 0.6) is 0 Å². The van der Waals surface area contributed by atoms with Crippen LogP contribution in [-0.4, -0.2) is 10.9 Å². The molecular formula is C16H18OS2. The Labute approximate surface area is 123 Å². The zero-order valence-electron chi connectivity index (χ0n) is 11.2. The molecule has 2 rings (SSSR count). The number of hydrogen-bond acceptors (Lipinski definition) is 3. The molecule has 0 unspecified atom stereocenters. The van der Waals surface area contributed by atoms with E-state index in [9.17, 15) is 0 Å². The van der Waals surface area contributed by atoms with Crippen molar-refractivity contribution in [3.8, 4) is 0 Å². The van der Waals surface area contributed by atoms with Crippen molar-refractivity contribution in [3.63, 3.8) is 0 Å². The largest absolute Gasteiger partial charge is 0.355 e. The number of rotatable bonds is 6. The predicted octanol–water partition coefficient (Wildman–Crippen LogP) is 5.28. The van der Waals surface area contributed by atoms with E-state index in [0.717, 1.165) is 0 Å². The van der Waals surface area contributed by atoms with Gasteiger partial charge in [0.2, 0.25) is 0 Å². The van der Waals surface area contributed by atoms with Crippen LogP contribution in [0.25, 0.3) is 0 Å². The molecule has 0 spiro atoms. The molecule has 2 aromatic rings. The van der Waals surface area contributed by atoms with Crippen LogP contribution in [-0.2, 0) is 4.74 Å². The molecule has 1 nitrogen and oxygen atoms in total. The molecule has 0 heterocycles. The van der Waals surface area contributed by atoms with Crippen molar-refractivity contribution in [3.05, 3.63) is 60.7 Å². The maximum absolute atomic E-state index is 5.96. The summed E-state index contributed by atoms with van der Waals surface area (Å²) in [6.07, 6.45) is 0. The third-order valence-electron chi connectivity index (χ3n) is 2.50. The van der Waals surface area contributed by atoms with E-state index in [1.54, 1.807) is 23.5 Å². The van der Waals surface area contributed by atoms with Gasteiger partial charge in [-0.1, -0.05) is 59.9 Å². The fourth-order valence-corrected chi connectivity index (χ4v) is 4.29. The number of benzene rings is 2. The number of hydrogen-bond donors (Lipinski definition) is 0. The van der Waals surface area contributed by atoms with Gasteiger partial charge in [-0.05, 0) is 38.1 Å². The summed E-state index contributed by atoms with van der Waals surface area (Å²) in [5.74, 6) is 0. The van der Waals surface area contributed by atoms with E-state index in [1.807, 2.05) is 19.1 Å². The average molecular weight is 290 g/mol. The maximum Gasteiger partial charge on any atom is 0.166 e. The fraction of sp³-hybridized carbons (Fsp3) is 0.250.